The van der Waals surface area contributed by atoms with E-state index in [-0.39, 0.29) is 25.0 Å². The second kappa shape index (κ2) is 6.68. The molecule has 3 N–H and O–H groups in total. The maximum atomic E-state index is 12.1. The van der Waals surface area contributed by atoms with Crippen molar-refractivity contribution in [3.8, 4) is 0 Å². The summed E-state index contributed by atoms with van der Waals surface area (Å²) in [6.07, 6.45) is 2.97. The number of aliphatic hydroxyl groups excluding tert-OH is 1. The zero-order valence-corrected chi connectivity index (χ0v) is 11.4. The molecule has 19 heavy (non-hydrogen) atoms. The van der Waals surface area contributed by atoms with Crippen LogP contribution in [0.3, 0.4) is 0 Å². The molecule has 1 heterocycles. The molecule has 1 unspecified atom stereocenters. The first-order valence-corrected chi connectivity index (χ1v) is 6.98. The minimum absolute atomic E-state index is 0.00300. The van der Waals surface area contributed by atoms with Crippen molar-refractivity contribution in [3.05, 3.63) is 29.3 Å². The van der Waals surface area contributed by atoms with Crippen LogP contribution >= 0.6 is 0 Å². The van der Waals surface area contributed by atoms with Gasteiger partial charge >= 0.3 is 0 Å². The fraction of sp³-hybridized carbons (Fsp3) is 0.533. The van der Waals surface area contributed by atoms with E-state index in [4.69, 9.17) is 5.11 Å². The summed E-state index contributed by atoms with van der Waals surface area (Å²) >= 11 is 0. The zero-order chi connectivity index (χ0) is 13.7. The van der Waals surface area contributed by atoms with E-state index in [1.165, 1.54) is 5.56 Å². The molecule has 1 aromatic rings. The van der Waals surface area contributed by atoms with Crippen LogP contribution in [0.2, 0.25) is 0 Å². The van der Waals surface area contributed by atoms with Crippen LogP contribution in [0.5, 0.6) is 0 Å². The largest absolute Gasteiger partial charge is 0.395 e. The van der Waals surface area contributed by atoms with Crippen LogP contribution < -0.4 is 10.6 Å². The smallest absolute Gasteiger partial charge is 0.176 e. The fourth-order valence-electron chi connectivity index (χ4n) is 2.33. The molecule has 0 spiro atoms. The molecule has 0 amide bonds. The quantitative estimate of drug-likeness (QED) is 0.681. The Morgan fingerprint density at radius 3 is 3.11 bits per heavy atom. The number of aryl methyl sites for hydroxylation is 1. The zero-order valence-electron chi connectivity index (χ0n) is 11.4. The Labute approximate surface area is 114 Å². The van der Waals surface area contributed by atoms with E-state index < -0.39 is 0 Å². The number of carbonyl (C=O) groups is 1. The first kappa shape index (κ1) is 14.0. The number of ketones is 1. The summed E-state index contributed by atoms with van der Waals surface area (Å²) in [6, 6.07) is 5.86. The fourth-order valence-corrected chi connectivity index (χ4v) is 2.33. The number of fused-ring (bicyclic) bond motifs is 1. The monoisotopic (exact) mass is 262 g/mol. The van der Waals surface area contributed by atoms with Crippen LogP contribution in [0.25, 0.3) is 0 Å². The van der Waals surface area contributed by atoms with Crippen LogP contribution in [0, 0.1) is 0 Å². The molecule has 104 valence electrons. The standard InChI is InChI=1S/C15H22N2O2/c1-2-13(10-18)17-9-15(19)12-5-6-14-11(8-12)4-3-7-16-14/h5-6,8,13,16-18H,2-4,7,9-10H2,1H3. The van der Waals surface area contributed by atoms with Crippen molar-refractivity contribution < 1.29 is 9.90 Å². The lowest BCUT2D eigenvalue weighted by Crippen LogP contribution is -2.35. The lowest BCUT2D eigenvalue weighted by molar-refractivity contribution is 0.0982. The van der Waals surface area contributed by atoms with E-state index in [2.05, 4.69) is 10.6 Å². The number of hydrogen-bond acceptors (Lipinski definition) is 4. The number of hydrogen-bond donors (Lipinski definition) is 3. The summed E-state index contributed by atoms with van der Waals surface area (Å²) in [6.45, 7) is 3.35. The van der Waals surface area contributed by atoms with Crippen LogP contribution in [-0.4, -0.2) is 36.6 Å². The average molecular weight is 262 g/mol. The SMILES string of the molecule is CCC(CO)NCC(=O)c1ccc2c(c1)CCCN2. The van der Waals surface area contributed by atoms with Gasteiger partial charge in [-0.25, -0.2) is 0 Å². The van der Waals surface area contributed by atoms with E-state index in [0.717, 1.165) is 37.1 Å². The Hall–Kier alpha value is -1.39. The van der Waals surface area contributed by atoms with Gasteiger partial charge in [0.15, 0.2) is 5.78 Å². The first-order chi connectivity index (χ1) is 9.24. The topological polar surface area (TPSA) is 61.4 Å². The normalized spacial score (nSPS) is 15.5. The van der Waals surface area contributed by atoms with Crippen molar-refractivity contribution in [1.29, 1.82) is 0 Å². The molecule has 1 aliphatic rings. The lowest BCUT2D eigenvalue weighted by Gasteiger charge is -2.19. The lowest BCUT2D eigenvalue weighted by atomic mass is 9.99. The van der Waals surface area contributed by atoms with Gasteiger partial charge in [-0.15, -0.1) is 0 Å². The molecule has 4 nitrogen and oxygen atoms in total. The van der Waals surface area contributed by atoms with Crippen molar-refractivity contribution in [3.63, 3.8) is 0 Å². The highest BCUT2D eigenvalue weighted by atomic mass is 16.3. The molecule has 0 saturated carbocycles. The van der Waals surface area contributed by atoms with Crippen LogP contribution in [0.15, 0.2) is 18.2 Å². The third kappa shape index (κ3) is 3.55. The summed E-state index contributed by atoms with van der Waals surface area (Å²) in [5, 5.41) is 15.5. The minimum Gasteiger partial charge on any atom is -0.395 e. The summed E-state index contributed by atoms with van der Waals surface area (Å²) in [5.41, 5.74) is 3.13. The van der Waals surface area contributed by atoms with Crippen molar-refractivity contribution in [2.75, 3.05) is 25.0 Å². The number of anilines is 1. The van der Waals surface area contributed by atoms with E-state index in [1.54, 1.807) is 0 Å². The molecule has 1 aliphatic heterocycles. The van der Waals surface area contributed by atoms with Gasteiger partial charge < -0.3 is 15.7 Å². The van der Waals surface area contributed by atoms with Gasteiger partial charge in [0.1, 0.15) is 0 Å². The third-order valence-corrected chi connectivity index (χ3v) is 3.63. The average Bonchev–Trinajstić information content (AvgIpc) is 2.47. The number of Topliss-reactive ketones (excluding diaryl/α,β-unsaturated/α-hetero) is 1. The molecule has 0 aromatic heterocycles. The summed E-state index contributed by atoms with van der Waals surface area (Å²) in [4.78, 5) is 12.1. The van der Waals surface area contributed by atoms with Gasteiger partial charge in [-0.05, 0) is 43.0 Å². The molecular formula is C15H22N2O2. The highest BCUT2D eigenvalue weighted by molar-refractivity contribution is 5.98. The van der Waals surface area contributed by atoms with Crippen LogP contribution in [0.4, 0.5) is 5.69 Å². The van der Waals surface area contributed by atoms with E-state index in [1.807, 2.05) is 25.1 Å². The van der Waals surface area contributed by atoms with Crippen molar-refractivity contribution in [1.82, 2.24) is 5.32 Å². The Balaban J connectivity index is 1.99. The van der Waals surface area contributed by atoms with E-state index >= 15 is 0 Å². The van der Waals surface area contributed by atoms with Gasteiger partial charge in [0.2, 0.25) is 0 Å². The van der Waals surface area contributed by atoms with Gasteiger partial charge in [-0.2, -0.15) is 0 Å². The van der Waals surface area contributed by atoms with E-state index in [9.17, 15) is 4.79 Å². The summed E-state index contributed by atoms with van der Waals surface area (Å²) < 4.78 is 0. The molecule has 0 saturated heterocycles. The summed E-state index contributed by atoms with van der Waals surface area (Å²) in [5.74, 6) is 0.0836. The van der Waals surface area contributed by atoms with Gasteiger partial charge in [0.25, 0.3) is 0 Å². The predicted octanol–water partition coefficient (Wildman–Crippen LogP) is 1.59. The molecule has 1 aromatic carbocycles. The molecule has 0 bridgehead atoms. The first-order valence-electron chi connectivity index (χ1n) is 6.98. The Kier molecular flexibility index (Phi) is 4.93. The maximum Gasteiger partial charge on any atom is 0.176 e. The third-order valence-electron chi connectivity index (χ3n) is 3.63. The second-order valence-corrected chi connectivity index (χ2v) is 4.99. The minimum atomic E-state index is 0.00300. The molecule has 2 rings (SSSR count). The Bertz CT molecular complexity index is 442. The second-order valence-electron chi connectivity index (χ2n) is 4.99. The Morgan fingerprint density at radius 1 is 1.53 bits per heavy atom. The number of nitrogens with one attached hydrogen (secondary N) is 2. The van der Waals surface area contributed by atoms with Crippen molar-refractivity contribution in [2.45, 2.75) is 32.2 Å². The van der Waals surface area contributed by atoms with Crippen molar-refractivity contribution in [2.24, 2.45) is 0 Å². The van der Waals surface area contributed by atoms with Crippen LogP contribution in [0.1, 0.15) is 35.7 Å². The maximum absolute atomic E-state index is 12.1. The highest BCUT2D eigenvalue weighted by Gasteiger charge is 2.13. The number of benzene rings is 1. The van der Waals surface area contributed by atoms with Gasteiger partial charge in [-0.3, -0.25) is 4.79 Å². The highest BCUT2D eigenvalue weighted by Crippen LogP contribution is 2.22. The molecule has 1 atom stereocenters. The number of carbonyl (C=O) groups excluding carboxylic acids is 1. The predicted molar refractivity (Wildman–Crippen MR) is 76.8 cm³/mol. The van der Waals surface area contributed by atoms with Gasteiger partial charge in [-0.1, -0.05) is 6.92 Å². The molecule has 0 aliphatic carbocycles. The van der Waals surface area contributed by atoms with Crippen LogP contribution in [-0.2, 0) is 6.42 Å². The van der Waals surface area contributed by atoms with E-state index in [0.29, 0.717) is 0 Å². The molecule has 4 heteroatoms. The van der Waals surface area contributed by atoms with Crippen molar-refractivity contribution >= 4 is 11.5 Å². The number of aliphatic hydroxyl groups is 1. The van der Waals surface area contributed by atoms with Gasteiger partial charge in [0.05, 0.1) is 13.2 Å². The molecular weight excluding hydrogens is 240 g/mol. The Morgan fingerprint density at radius 2 is 2.37 bits per heavy atom. The molecule has 0 fully saturated rings. The molecule has 0 radical (unpaired) electrons. The van der Waals surface area contributed by atoms with Gasteiger partial charge in [0, 0.05) is 23.8 Å². The summed E-state index contributed by atoms with van der Waals surface area (Å²) in [7, 11) is 0. The number of rotatable bonds is 6.